The molecular formula is C22H22FN7O3. The Morgan fingerprint density at radius 3 is 2.64 bits per heavy atom. The minimum atomic E-state index is -0.624. The first-order valence-corrected chi connectivity index (χ1v) is 10.0. The molecule has 0 saturated heterocycles. The topological polar surface area (TPSA) is 120 Å². The molecule has 170 valence electrons. The van der Waals surface area contributed by atoms with Gasteiger partial charge in [0.05, 0.1) is 17.6 Å². The van der Waals surface area contributed by atoms with Crippen LogP contribution in [0.25, 0.3) is 11.6 Å². The number of oxazole rings is 1. The number of amides is 2. The van der Waals surface area contributed by atoms with E-state index in [9.17, 15) is 9.18 Å². The Labute approximate surface area is 188 Å². The summed E-state index contributed by atoms with van der Waals surface area (Å²) in [4.78, 5) is 24.6. The summed E-state index contributed by atoms with van der Waals surface area (Å²) >= 11 is 0. The molecule has 4 aromatic rings. The standard InChI is InChI=1S/C22H22FN7O3/c1-22(2,3)17-11-18(30(4)29-17)28-21(31)27-15-9-13(5-6-14(15)23)33-19-10-16(25-12-26-19)20-24-7-8-32-20/h5-12H,1-4H3,(H2,27,28,31). The summed E-state index contributed by atoms with van der Waals surface area (Å²) < 4.78 is 26.8. The monoisotopic (exact) mass is 451 g/mol. The van der Waals surface area contributed by atoms with Crippen LogP contribution >= 0.6 is 0 Å². The molecule has 1 aromatic carbocycles. The number of carbonyl (C=O) groups excluding carboxylic acids is 1. The average Bonchev–Trinajstić information content (AvgIpc) is 3.41. The fourth-order valence-electron chi connectivity index (χ4n) is 2.87. The molecule has 33 heavy (non-hydrogen) atoms. The number of anilines is 2. The molecule has 0 aliphatic carbocycles. The highest BCUT2D eigenvalue weighted by atomic mass is 19.1. The molecule has 0 bridgehead atoms. The third kappa shape index (κ3) is 5.14. The summed E-state index contributed by atoms with van der Waals surface area (Å²) in [7, 11) is 1.72. The molecule has 2 N–H and O–H groups in total. The lowest BCUT2D eigenvalue weighted by Crippen LogP contribution is -2.21. The Kier molecular flexibility index (Phi) is 5.78. The Morgan fingerprint density at radius 1 is 1.12 bits per heavy atom. The van der Waals surface area contributed by atoms with Gasteiger partial charge in [-0.3, -0.25) is 10.00 Å². The highest BCUT2D eigenvalue weighted by Crippen LogP contribution is 2.27. The van der Waals surface area contributed by atoms with E-state index < -0.39 is 11.8 Å². The Morgan fingerprint density at radius 2 is 1.94 bits per heavy atom. The summed E-state index contributed by atoms with van der Waals surface area (Å²) in [5.74, 6) is 0.626. The van der Waals surface area contributed by atoms with Crippen molar-refractivity contribution >= 4 is 17.5 Å². The number of aryl methyl sites for hydroxylation is 1. The summed E-state index contributed by atoms with van der Waals surface area (Å²) in [6.45, 7) is 6.06. The fourth-order valence-corrected chi connectivity index (χ4v) is 2.87. The first-order valence-electron chi connectivity index (χ1n) is 10.0. The minimum absolute atomic E-state index is 0.0646. The molecule has 3 heterocycles. The molecule has 0 spiro atoms. The van der Waals surface area contributed by atoms with Gasteiger partial charge in [-0.05, 0) is 12.1 Å². The van der Waals surface area contributed by atoms with Gasteiger partial charge in [0.1, 0.15) is 35.7 Å². The van der Waals surface area contributed by atoms with Gasteiger partial charge in [0.2, 0.25) is 11.8 Å². The van der Waals surface area contributed by atoms with E-state index in [2.05, 4.69) is 30.7 Å². The third-order valence-electron chi connectivity index (χ3n) is 4.59. The van der Waals surface area contributed by atoms with Gasteiger partial charge < -0.3 is 14.5 Å². The zero-order chi connectivity index (χ0) is 23.6. The number of hydrogen-bond donors (Lipinski definition) is 2. The van der Waals surface area contributed by atoms with Crippen molar-refractivity contribution in [2.75, 3.05) is 10.6 Å². The van der Waals surface area contributed by atoms with Gasteiger partial charge in [-0.25, -0.2) is 24.1 Å². The van der Waals surface area contributed by atoms with Crippen LogP contribution in [0.15, 0.2) is 53.5 Å². The molecule has 3 aromatic heterocycles. The molecule has 10 nitrogen and oxygen atoms in total. The van der Waals surface area contributed by atoms with Crippen LogP contribution in [0, 0.1) is 5.82 Å². The number of aromatic nitrogens is 5. The zero-order valence-corrected chi connectivity index (χ0v) is 18.5. The highest BCUT2D eigenvalue weighted by molar-refractivity contribution is 5.99. The smallest absolute Gasteiger partial charge is 0.324 e. The predicted octanol–water partition coefficient (Wildman–Crippen LogP) is 4.74. The van der Waals surface area contributed by atoms with Crippen molar-refractivity contribution in [2.45, 2.75) is 26.2 Å². The Hall–Kier alpha value is -4.28. The molecule has 0 aliphatic rings. The van der Waals surface area contributed by atoms with Crippen LogP contribution in [0.5, 0.6) is 11.6 Å². The van der Waals surface area contributed by atoms with E-state index in [0.29, 0.717) is 17.4 Å². The van der Waals surface area contributed by atoms with Crippen LogP contribution in [0.2, 0.25) is 0 Å². The van der Waals surface area contributed by atoms with Crippen molar-refractivity contribution in [3.05, 3.63) is 60.6 Å². The van der Waals surface area contributed by atoms with E-state index in [-0.39, 0.29) is 22.7 Å². The van der Waals surface area contributed by atoms with Crippen LogP contribution in [0.4, 0.5) is 20.7 Å². The normalized spacial score (nSPS) is 11.3. The molecule has 2 amide bonds. The van der Waals surface area contributed by atoms with Gasteiger partial charge >= 0.3 is 6.03 Å². The Bertz CT molecular complexity index is 1280. The molecule has 11 heteroatoms. The van der Waals surface area contributed by atoms with Crippen LogP contribution in [-0.4, -0.2) is 30.8 Å². The SMILES string of the molecule is Cn1nc(C(C)(C)C)cc1NC(=O)Nc1cc(Oc2cc(-c3ncco3)ncn2)ccc1F. The molecule has 0 saturated carbocycles. The first kappa shape index (κ1) is 21.9. The van der Waals surface area contributed by atoms with Crippen molar-refractivity contribution < 1.29 is 18.3 Å². The summed E-state index contributed by atoms with van der Waals surface area (Å²) in [5, 5.41) is 9.57. The lowest BCUT2D eigenvalue weighted by molar-refractivity contribution is 0.262. The summed E-state index contributed by atoms with van der Waals surface area (Å²) in [6, 6.07) is 6.64. The van der Waals surface area contributed by atoms with E-state index in [1.54, 1.807) is 17.8 Å². The van der Waals surface area contributed by atoms with E-state index in [1.165, 1.54) is 43.1 Å². The van der Waals surface area contributed by atoms with E-state index in [0.717, 1.165) is 5.69 Å². The lowest BCUT2D eigenvalue weighted by Gasteiger charge is -2.13. The van der Waals surface area contributed by atoms with Crippen molar-refractivity contribution in [2.24, 2.45) is 7.05 Å². The fraction of sp³-hybridized carbons (Fsp3) is 0.227. The number of hydrogen-bond acceptors (Lipinski definition) is 7. The molecular weight excluding hydrogens is 429 g/mol. The van der Waals surface area contributed by atoms with Gasteiger partial charge in [0.15, 0.2) is 0 Å². The van der Waals surface area contributed by atoms with Gasteiger partial charge in [-0.2, -0.15) is 5.10 Å². The number of nitrogens with one attached hydrogen (secondary N) is 2. The van der Waals surface area contributed by atoms with Gasteiger partial charge in [0, 0.05) is 30.7 Å². The molecule has 0 atom stereocenters. The first-order chi connectivity index (χ1) is 15.7. The van der Waals surface area contributed by atoms with Gasteiger partial charge in [-0.1, -0.05) is 20.8 Å². The number of nitrogens with zero attached hydrogens (tertiary/aromatic N) is 5. The molecule has 0 fully saturated rings. The van der Waals surface area contributed by atoms with Crippen LogP contribution < -0.4 is 15.4 Å². The number of benzene rings is 1. The Balaban J connectivity index is 1.47. The highest BCUT2D eigenvalue weighted by Gasteiger charge is 2.20. The van der Waals surface area contributed by atoms with Crippen LogP contribution in [-0.2, 0) is 12.5 Å². The average molecular weight is 451 g/mol. The van der Waals surface area contributed by atoms with E-state index in [1.807, 2.05) is 20.8 Å². The number of urea groups is 1. The van der Waals surface area contributed by atoms with Crippen LogP contribution in [0.1, 0.15) is 26.5 Å². The molecule has 0 unspecified atom stereocenters. The number of rotatable bonds is 5. The second-order valence-corrected chi connectivity index (χ2v) is 8.19. The summed E-state index contributed by atoms with van der Waals surface area (Å²) in [5.41, 5.74) is 0.997. The lowest BCUT2D eigenvalue weighted by atomic mass is 9.92. The second kappa shape index (κ2) is 8.69. The summed E-state index contributed by atoms with van der Waals surface area (Å²) in [6.07, 6.45) is 4.22. The third-order valence-corrected chi connectivity index (χ3v) is 4.59. The molecule has 0 radical (unpaired) electrons. The molecule has 0 aliphatic heterocycles. The maximum Gasteiger partial charge on any atom is 0.324 e. The second-order valence-electron chi connectivity index (χ2n) is 8.19. The minimum Gasteiger partial charge on any atom is -0.443 e. The van der Waals surface area contributed by atoms with E-state index >= 15 is 0 Å². The number of carbonyl (C=O) groups is 1. The van der Waals surface area contributed by atoms with Crippen molar-refractivity contribution in [1.82, 2.24) is 24.7 Å². The zero-order valence-electron chi connectivity index (χ0n) is 18.5. The quantitative estimate of drug-likeness (QED) is 0.450. The number of ether oxygens (including phenoxy) is 1. The number of halogens is 1. The largest absolute Gasteiger partial charge is 0.443 e. The van der Waals surface area contributed by atoms with Gasteiger partial charge in [0.25, 0.3) is 0 Å². The van der Waals surface area contributed by atoms with Crippen LogP contribution in [0.3, 0.4) is 0 Å². The van der Waals surface area contributed by atoms with Gasteiger partial charge in [-0.15, -0.1) is 0 Å². The van der Waals surface area contributed by atoms with Crippen molar-refractivity contribution in [1.29, 1.82) is 0 Å². The van der Waals surface area contributed by atoms with E-state index in [4.69, 9.17) is 9.15 Å². The maximum absolute atomic E-state index is 14.3. The maximum atomic E-state index is 14.3. The molecule has 4 rings (SSSR count). The van der Waals surface area contributed by atoms with Crippen molar-refractivity contribution in [3.63, 3.8) is 0 Å². The predicted molar refractivity (Wildman–Crippen MR) is 119 cm³/mol. The van der Waals surface area contributed by atoms with Crippen molar-refractivity contribution in [3.8, 4) is 23.2 Å².